The van der Waals surface area contributed by atoms with Gasteiger partial charge in [-0.2, -0.15) is 0 Å². The van der Waals surface area contributed by atoms with Gasteiger partial charge in [-0.25, -0.2) is 0 Å². The lowest BCUT2D eigenvalue weighted by Gasteiger charge is -2.08. The van der Waals surface area contributed by atoms with E-state index in [0.29, 0.717) is 12.5 Å². The Labute approximate surface area is 71.1 Å². The molecule has 0 aliphatic heterocycles. The van der Waals surface area contributed by atoms with Crippen molar-refractivity contribution in [2.45, 2.75) is 6.10 Å². The lowest BCUT2D eigenvalue weighted by molar-refractivity contribution is 0.0935. The van der Waals surface area contributed by atoms with Gasteiger partial charge in [0, 0.05) is 12.6 Å². The minimum Gasteiger partial charge on any atom is -0.462 e. The molecule has 4 nitrogen and oxygen atoms in total. The van der Waals surface area contributed by atoms with Crippen LogP contribution >= 0.6 is 0 Å². The van der Waals surface area contributed by atoms with E-state index in [-0.39, 0.29) is 6.61 Å². The second-order valence-electron chi connectivity index (χ2n) is 2.45. The van der Waals surface area contributed by atoms with Crippen LogP contribution in [-0.4, -0.2) is 31.4 Å². The number of furan rings is 1. The number of nitrogens with one attached hydrogen (secondary N) is 1. The van der Waals surface area contributed by atoms with Crippen molar-refractivity contribution < 1.29 is 14.3 Å². The summed E-state index contributed by atoms with van der Waals surface area (Å²) in [5.74, 6) is 0.435. The van der Waals surface area contributed by atoms with E-state index in [4.69, 9.17) is 9.15 Å². The van der Waals surface area contributed by atoms with Crippen molar-refractivity contribution in [2.24, 2.45) is 0 Å². The van der Waals surface area contributed by atoms with Crippen molar-refractivity contribution in [3.63, 3.8) is 0 Å². The first kappa shape index (κ1) is 9.09. The SMILES string of the molecule is CNCC(O)COc1ccco1. The van der Waals surface area contributed by atoms with Crippen LogP contribution in [0.4, 0.5) is 0 Å². The highest BCUT2D eigenvalue weighted by atomic mass is 16.6. The molecule has 0 spiro atoms. The molecule has 1 aromatic rings. The summed E-state index contributed by atoms with van der Waals surface area (Å²) < 4.78 is 10.0. The quantitative estimate of drug-likeness (QED) is 0.666. The first-order valence-corrected chi connectivity index (χ1v) is 3.82. The molecule has 12 heavy (non-hydrogen) atoms. The van der Waals surface area contributed by atoms with Gasteiger partial charge in [-0.3, -0.25) is 0 Å². The van der Waals surface area contributed by atoms with Crippen LogP contribution < -0.4 is 10.1 Å². The Hall–Kier alpha value is -1.00. The molecule has 1 rings (SSSR count). The Bertz CT molecular complexity index is 198. The lowest BCUT2D eigenvalue weighted by Crippen LogP contribution is -2.29. The van der Waals surface area contributed by atoms with Crippen LogP contribution in [0.2, 0.25) is 0 Å². The first-order chi connectivity index (χ1) is 5.83. The summed E-state index contributed by atoms with van der Waals surface area (Å²) in [7, 11) is 1.77. The first-order valence-electron chi connectivity index (χ1n) is 3.82. The third kappa shape index (κ3) is 2.94. The third-order valence-electron chi connectivity index (χ3n) is 1.35. The number of likely N-dealkylation sites (N-methyl/N-ethyl adjacent to an activating group) is 1. The maximum atomic E-state index is 9.22. The lowest BCUT2D eigenvalue weighted by atomic mass is 10.4. The van der Waals surface area contributed by atoms with E-state index < -0.39 is 6.10 Å². The summed E-state index contributed by atoms with van der Waals surface area (Å²) in [4.78, 5) is 0. The molecule has 0 radical (unpaired) electrons. The second kappa shape index (κ2) is 4.79. The normalized spacial score (nSPS) is 12.8. The van der Waals surface area contributed by atoms with Crippen LogP contribution in [-0.2, 0) is 0 Å². The Kier molecular flexibility index (Phi) is 3.63. The van der Waals surface area contributed by atoms with Gasteiger partial charge >= 0.3 is 0 Å². The van der Waals surface area contributed by atoms with Crippen LogP contribution in [0.25, 0.3) is 0 Å². The van der Waals surface area contributed by atoms with E-state index >= 15 is 0 Å². The number of ether oxygens (including phenoxy) is 1. The molecule has 4 heteroatoms. The Morgan fingerprint density at radius 2 is 2.58 bits per heavy atom. The van der Waals surface area contributed by atoms with Gasteiger partial charge in [-0.15, -0.1) is 0 Å². The molecule has 0 saturated heterocycles. The van der Waals surface area contributed by atoms with Gasteiger partial charge in [-0.1, -0.05) is 0 Å². The summed E-state index contributed by atoms with van der Waals surface area (Å²) in [5, 5.41) is 12.1. The molecule has 0 amide bonds. The second-order valence-corrected chi connectivity index (χ2v) is 2.45. The van der Waals surface area contributed by atoms with Gasteiger partial charge in [0.1, 0.15) is 12.7 Å². The molecule has 1 heterocycles. The Morgan fingerprint density at radius 1 is 1.75 bits per heavy atom. The molecule has 1 aromatic heterocycles. The third-order valence-corrected chi connectivity index (χ3v) is 1.35. The summed E-state index contributed by atoms with van der Waals surface area (Å²) in [5.41, 5.74) is 0. The van der Waals surface area contributed by atoms with E-state index in [0.717, 1.165) is 0 Å². The van der Waals surface area contributed by atoms with Crippen LogP contribution in [0, 0.1) is 0 Å². The van der Waals surface area contributed by atoms with Gasteiger partial charge in [-0.05, 0) is 13.1 Å². The molecule has 0 aliphatic rings. The monoisotopic (exact) mass is 171 g/mol. The van der Waals surface area contributed by atoms with E-state index in [1.54, 1.807) is 19.2 Å². The van der Waals surface area contributed by atoms with Gasteiger partial charge in [0.15, 0.2) is 0 Å². The fraction of sp³-hybridized carbons (Fsp3) is 0.500. The van der Waals surface area contributed by atoms with Crippen LogP contribution in [0.5, 0.6) is 5.95 Å². The van der Waals surface area contributed by atoms with Crippen LogP contribution in [0.15, 0.2) is 22.8 Å². The summed E-state index contributed by atoms with van der Waals surface area (Å²) in [6, 6.07) is 3.44. The minimum atomic E-state index is -0.500. The molecular weight excluding hydrogens is 158 g/mol. The highest BCUT2D eigenvalue weighted by Crippen LogP contribution is 2.09. The average Bonchev–Trinajstić information content (AvgIpc) is 2.53. The maximum Gasteiger partial charge on any atom is 0.284 e. The van der Waals surface area contributed by atoms with Crippen molar-refractivity contribution in [2.75, 3.05) is 20.2 Å². The topological polar surface area (TPSA) is 54.6 Å². The number of aliphatic hydroxyl groups is 1. The summed E-state index contributed by atoms with van der Waals surface area (Å²) in [6.45, 7) is 0.759. The van der Waals surface area contributed by atoms with E-state index in [1.165, 1.54) is 6.26 Å². The number of hydrogen-bond donors (Lipinski definition) is 2. The molecule has 0 aliphatic carbocycles. The van der Waals surface area contributed by atoms with Gasteiger partial charge < -0.3 is 19.6 Å². The van der Waals surface area contributed by atoms with E-state index in [9.17, 15) is 5.11 Å². The zero-order valence-corrected chi connectivity index (χ0v) is 6.99. The van der Waals surface area contributed by atoms with Gasteiger partial charge in [0.25, 0.3) is 5.95 Å². The predicted molar refractivity (Wildman–Crippen MR) is 44.1 cm³/mol. The summed E-state index contributed by atoms with van der Waals surface area (Å²) in [6.07, 6.45) is 1.03. The van der Waals surface area contributed by atoms with Gasteiger partial charge in [0.2, 0.25) is 0 Å². The zero-order chi connectivity index (χ0) is 8.81. The predicted octanol–water partition coefficient (Wildman–Crippen LogP) is 0.239. The van der Waals surface area contributed by atoms with Crippen molar-refractivity contribution in [3.8, 4) is 5.95 Å². The highest BCUT2D eigenvalue weighted by Gasteiger charge is 2.03. The smallest absolute Gasteiger partial charge is 0.284 e. The molecule has 1 unspecified atom stereocenters. The largest absolute Gasteiger partial charge is 0.462 e. The Morgan fingerprint density at radius 3 is 3.17 bits per heavy atom. The van der Waals surface area contributed by atoms with Crippen molar-refractivity contribution in [1.82, 2.24) is 5.32 Å². The Balaban J connectivity index is 2.17. The fourth-order valence-electron chi connectivity index (χ4n) is 0.818. The van der Waals surface area contributed by atoms with Crippen molar-refractivity contribution >= 4 is 0 Å². The number of hydrogen-bond acceptors (Lipinski definition) is 4. The standard InChI is InChI=1S/C8H13NO3/c1-9-5-7(10)6-12-8-3-2-4-11-8/h2-4,7,9-10H,5-6H2,1H3. The van der Waals surface area contributed by atoms with E-state index in [1.807, 2.05) is 0 Å². The highest BCUT2D eigenvalue weighted by molar-refractivity contribution is 5.03. The van der Waals surface area contributed by atoms with E-state index in [2.05, 4.69) is 5.32 Å². The average molecular weight is 171 g/mol. The molecule has 0 aromatic carbocycles. The maximum absolute atomic E-state index is 9.22. The number of aliphatic hydroxyl groups excluding tert-OH is 1. The minimum absolute atomic E-state index is 0.244. The molecule has 1 atom stereocenters. The van der Waals surface area contributed by atoms with Crippen molar-refractivity contribution in [1.29, 1.82) is 0 Å². The van der Waals surface area contributed by atoms with Crippen molar-refractivity contribution in [3.05, 3.63) is 18.4 Å². The molecule has 2 N–H and O–H groups in total. The summed E-state index contributed by atoms with van der Waals surface area (Å²) >= 11 is 0. The molecule has 68 valence electrons. The van der Waals surface area contributed by atoms with Crippen LogP contribution in [0.3, 0.4) is 0 Å². The van der Waals surface area contributed by atoms with Crippen LogP contribution in [0.1, 0.15) is 0 Å². The fourth-order valence-corrected chi connectivity index (χ4v) is 0.818. The molecule has 0 saturated carbocycles. The molecular formula is C8H13NO3. The molecule has 0 bridgehead atoms. The molecule has 0 fully saturated rings. The number of rotatable bonds is 5. The van der Waals surface area contributed by atoms with Gasteiger partial charge in [0.05, 0.1) is 6.26 Å². The zero-order valence-electron chi connectivity index (χ0n) is 6.99.